The topological polar surface area (TPSA) is 46.6 Å². The molecule has 1 fully saturated rings. The van der Waals surface area contributed by atoms with E-state index in [2.05, 4.69) is 12.2 Å². The Balaban J connectivity index is 1.58. The smallest absolute Gasteiger partial charge is 0.238 e. The summed E-state index contributed by atoms with van der Waals surface area (Å²) in [6.07, 6.45) is 4.22. The Morgan fingerprint density at radius 2 is 1.16 bits per heavy atom. The minimum absolute atomic E-state index is 0.134. The molecule has 0 unspecified atom stereocenters. The summed E-state index contributed by atoms with van der Waals surface area (Å²) in [5, 5.41) is 0. The van der Waals surface area contributed by atoms with Crippen molar-refractivity contribution in [1.29, 1.82) is 0 Å². The number of ether oxygens (including phenoxy) is 1. The van der Waals surface area contributed by atoms with Crippen molar-refractivity contribution in [3.8, 4) is 5.75 Å². The van der Waals surface area contributed by atoms with Gasteiger partial charge < -0.3 is 4.74 Å². The van der Waals surface area contributed by atoms with E-state index in [0.29, 0.717) is 12.3 Å². The molecule has 5 rings (SSSR count). The fourth-order valence-electron chi connectivity index (χ4n) is 5.05. The van der Waals surface area contributed by atoms with Gasteiger partial charge in [-0.05, 0) is 42.3 Å². The largest absolute Gasteiger partial charge is 0.494 e. The lowest BCUT2D eigenvalue weighted by atomic mass is 9.68. The molecule has 0 radical (unpaired) electrons. The van der Waals surface area contributed by atoms with E-state index in [1.54, 1.807) is 12.1 Å². The van der Waals surface area contributed by atoms with E-state index in [0.717, 1.165) is 16.9 Å². The Bertz CT molecular complexity index is 1070. The molecule has 3 aromatic carbocycles. The molecule has 0 N–H and O–H groups in total. The van der Waals surface area contributed by atoms with Gasteiger partial charge >= 0.3 is 0 Å². The fourth-order valence-corrected chi connectivity index (χ4v) is 5.05. The molecule has 1 aliphatic carbocycles. The zero-order valence-corrected chi connectivity index (χ0v) is 17.9. The summed E-state index contributed by atoms with van der Waals surface area (Å²) in [4.78, 5) is 28.9. The van der Waals surface area contributed by atoms with Crippen molar-refractivity contribution in [3.63, 3.8) is 0 Å². The van der Waals surface area contributed by atoms with Crippen LogP contribution >= 0.6 is 0 Å². The van der Waals surface area contributed by atoms with Gasteiger partial charge in [0.2, 0.25) is 11.8 Å². The van der Waals surface area contributed by atoms with E-state index < -0.39 is 11.8 Å². The van der Waals surface area contributed by atoms with Crippen molar-refractivity contribution in [2.45, 2.75) is 18.8 Å². The van der Waals surface area contributed by atoms with Gasteiger partial charge in [-0.25, -0.2) is 4.90 Å². The number of rotatable bonds is 5. The number of carbonyl (C=O) groups excluding carboxylic acids is 2. The van der Waals surface area contributed by atoms with Crippen LogP contribution in [0.15, 0.2) is 97.1 Å². The third-order valence-electron chi connectivity index (χ3n) is 6.47. The maximum absolute atomic E-state index is 13.8. The Morgan fingerprint density at radius 3 is 1.59 bits per heavy atom. The van der Waals surface area contributed by atoms with Crippen LogP contribution < -0.4 is 9.64 Å². The molecule has 0 saturated carbocycles. The van der Waals surface area contributed by atoms with Gasteiger partial charge in [0.15, 0.2) is 0 Å². The van der Waals surface area contributed by atoms with Gasteiger partial charge in [0, 0.05) is 11.8 Å². The van der Waals surface area contributed by atoms with Crippen LogP contribution in [0.1, 0.15) is 29.9 Å². The number of carbonyl (C=O) groups is 2. The number of hydrogen-bond donors (Lipinski definition) is 0. The van der Waals surface area contributed by atoms with Crippen molar-refractivity contribution >= 4 is 17.5 Å². The molecule has 4 heteroatoms. The number of nitrogens with zero attached hydrogens (tertiary/aromatic N) is 1. The number of hydrogen-bond acceptors (Lipinski definition) is 3. The maximum Gasteiger partial charge on any atom is 0.238 e. The van der Waals surface area contributed by atoms with Gasteiger partial charge in [-0.15, -0.1) is 0 Å². The molecule has 1 aliphatic heterocycles. The highest BCUT2D eigenvalue weighted by Gasteiger charge is 2.55. The van der Waals surface area contributed by atoms with E-state index in [-0.39, 0.29) is 23.7 Å². The van der Waals surface area contributed by atoms with Gasteiger partial charge in [0.25, 0.3) is 0 Å². The number of allylic oxidation sites excluding steroid dienone is 2. The molecule has 1 heterocycles. The summed E-state index contributed by atoms with van der Waals surface area (Å²) in [5.41, 5.74) is 2.70. The summed E-state index contributed by atoms with van der Waals surface area (Å²) in [5.74, 6) is -0.695. The van der Waals surface area contributed by atoms with E-state index in [1.165, 1.54) is 4.90 Å². The second kappa shape index (κ2) is 8.46. The second-order valence-corrected chi connectivity index (χ2v) is 8.25. The van der Waals surface area contributed by atoms with Gasteiger partial charge in [0.1, 0.15) is 5.75 Å². The first-order valence-corrected chi connectivity index (χ1v) is 11.1. The summed E-state index contributed by atoms with van der Waals surface area (Å²) in [7, 11) is 0. The molecule has 0 bridgehead atoms. The summed E-state index contributed by atoms with van der Waals surface area (Å²) < 4.78 is 5.52. The predicted octanol–water partition coefficient (Wildman–Crippen LogP) is 5.33. The van der Waals surface area contributed by atoms with Crippen molar-refractivity contribution in [2.75, 3.05) is 11.5 Å². The third kappa shape index (κ3) is 3.42. The zero-order chi connectivity index (χ0) is 22.1. The SMILES string of the molecule is CCOc1ccc(N2C(=O)[C@@H]3[C@@H](C2=O)[C@H](c2ccccc2)C=C[C@@H]3c2ccccc2)cc1. The maximum atomic E-state index is 13.8. The lowest BCUT2D eigenvalue weighted by Gasteiger charge is -2.32. The van der Waals surface area contributed by atoms with Gasteiger partial charge in [-0.1, -0.05) is 72.8 Å². The molecule has 3 aromatic rings. The minimum Gasteiger partial charge on any atom is -0.494 e. The Hall–Kier alpha value is -3.66. The molecule has 4 atom stereocenters. The summed E-state index contributed by atoms with van der Waals surface area (Å²) in [6.45, 7) is 2.49. The van der Waals surface area contributed by atoms with Crippen molar-refractivity contribution in [3.05, 3.63) is 108 Å². The Labute approximate surface area is 188 Å². The van der Waals surface area contributed by atoms with Gasteiger partial charge in [-0.2, -0.15) is 0 Å². The average Bonchev–Trinajstić information content (AvgIpc) is 3.11. The molecule has 2 amide bonds. The normalized spacial score (nSPS) is 24.5. The van der Waals surface area contributed by atoms with Crippen LogP contribution in [-0.2, 0) is 9.59 Å². The highest BCUT2D eigenvalue weighted by atomic mass is 16.5. The molecule has 160 valence electrons. The second-order valence-electron chi connectivity index (χ2n) is 8.25. The molecule has 0 aromatic heterocycles. The van der Waals surface area contributed by atoms with Crippen molar-refractivity contribution < 1.29 is 14.3 Å². The first-order chi connectivity index (χ1) is 15.7. The van der Waals surface area contributed by atoms with Crippen molar-refractivity contribution in [2.24, 2.45) is 11.8 Å². The quantitative estimate of drug-likeness (QED) is 0.412. The molecule has 32 heavy (non-hydrogen) atoms. The highest BCUT2D eigenvalue weighted by molar-refractivity contribution is 6.23. The van der Waals surface area contributed by atoms with Crippen LogP contribution in [0.3, 0.4) is 0 Å². The number of anilines is 1. The standard InChI is InChI=1S/C28H25NO3/c1-2-32-22-15-13-21(14-16-22)29-27(30)25-23(19-9-5-3-6-10-19)17-18-24(26(25)28(29)31)20-11-7-4-8-12-20/h3-18,23-26H,2H2,1H3/t23-,24+,25-,26-/m0/s1. The monoisotopic (exact) mass is 423 g/mol. The molecular formula is C28H25NO3. The molecule has 1 saturated heterocycles. The van der Waals surface area contributed by atoms with E-state index in [4.69, 9.17) is 4.74 Å². The number of benzene rings is 3. The number of amides is 2. The minimum atomic E-state index is -0.438. The van der Waals surface area contributed by atoms with Crippen LogP contribution in [0.2, 0.25) is 0 Å². The van der Waals surface area contributed by atoms with Crippen LogP contribution in [-0.4, -0.2) is 18.4 Å². The summed E-state index contributed by atoms with van der Waals surface area (Å²) >= 11 is 0. The molecule has 2 aliphatic rings. The highest BCUT2D eigenvalue weighted by Crippen LogP contribution is 2.50. The first kappa shape index (κ1) is 20.3. The Morgan fingerprint density at radius 1 is 0.688 bits per heavy atom. The van der Waals surface area contributed by atoms with Crippen LogP contribution in [0.5, 0.6) is 5.75 Å². The fraction of sp³-hybridized carbons (Fsp3) is 0.214. The first-order valence-electron chi connectivity index (χ1n) is 11.1. The van der Waals surface area contributed by atoms with Crippen molar-refractivity contribution in [1.82, 2.24) is 0 Å². The van der Waals surface area contributed by atoms with E-state index >= 15 is 0 Å². The molecule has 0 spiro atoms. The van der Waals surface area contributed by atoms with Gasteiger partial charge in [-0.3, -0.25) is 9.59 Å². The third-order valence-corrected chi connectivity index (χ3v) is 6.47. The molecular weight excluding hydrogens is 398 g/mol. The lowest BCUT2D eigenvalue weighted by molar-refractivity contribution is -0.122. The van der Waals surface area contributed by atoms with Gasteiger partial charge in [0.05, 0.1) is 24.1 Å². The Kier molecular flexibility index (Phi) is 5.36. The lowest BCUT2D eigenvalue weighted by Crippen LogP contribution is -2.31. The number of imide groups is 1. The predicted molar refractivity (Wildman–Crippen MR) is 125 cm³/mol. The van der Waals surface area contributed by atoms with Crippen LogP contribution in [0, 0.1) is 11.8 Å². The van der Waals surface area contributed by atoms with E-state index in [1.807, 2.05) is 79.7 Å². The zero-order valence-electron chi connectivity index (χ0n) is 17.9. The average molecular weight is 424 g/mol. The van der Waals surface area contributed by atoms with Crippen LogP contribution in [0.4, 0.5) is 5.69 Å². The van der Waals surface area contributed by atoms with Crippen LogP contribution in [0.25, 0.3) is 0 Å². The summed E-state index contributed by atoms with van der Waals surface area (Å²) in [6, 6.07) is 27.2. The number of fused-ring (bicyclic) bond motifs is 1. The van der Waals surface area contributed by atoms with E-state index in [9.17, 15) is 9.59 Å². The molecule has 4 nitrogen and oxygen atoms in total.